The maximum atomic E-state index is 11.3. The van der Waals surface area contributed by atoms with E-state index in [0.29, 0.717) is 17.1 Å². The molecule has 0 amide bonds. The number of nitrogens with zero attached hydrogens (tertiary/aromatic N) is 2. The van der Waals surface area contributed by atoms with Crippen molar-refractivity contribution in [3.63, 3.8) is 0 Å². The molecular formula is C7H7ClN2O2S2. The van der Waals surface area contributed by atoms with Gasteiger partial charge in [0, 0.05) is 22.3 Å². The molecule has 76 valence electrons. The molecule has 0 atom stereocenters. The highest BCUT2D eigenvalue weighted by atomic mass is 35.7. The van der Waals surface area contributed by atoms with Gasteiger partial charge in [-0.05, 0) is 6.42 Å². The molecule has 0 aliphatic carbocycles. The number of halogens is 1. The Kier molecular flexibility index (Phi) is 2.29. The first-order valence-electron chi connectivity index (χ1n) is 3.93. The minimum Gasteiger partial charge on any atom is -0.280 e. The topological polar surface area (TPSA) is 51.4 Å². The molecule has 2 aromatic heterocycles. The Hall–Kier alpha value is -0.590. The van der Waals surface area contributed by atoms with E-state index in [1.807, 2.05) is 6.92 Å². The molecule has 2 heterocycles. The van der Waals surface area contributed by atoms with Crippen molar-refractivity contribution < 1.29 is 8.42 Å². The summed E-state index contributed by atoms with van der Waals surface area (Å²) in [7, 11) is 1.62. The summed E-state index contributed by atoms with van der Waals surface area (Å²) < 4.78 is 24.1. The number of aromatic nitrogens is 2. The Morgan fingerprint density at radius 2 is 2.36 bits per heavy atom. The fraction of sp³-hybridized carbons (Fsp3) is 0.286. The van der Waals surface area contributed by atoms with Gasteiger partial charge in [-0.3, -0.25) is 4.40 Å². The average molecular weight is 251 g/mol. The molecule has 0 saturated heterocycles. The van der Waals surface area contributed by atoms with Gasteiger partial charge in [-0.15, -0.1) is 11.3 Å². The monoisotopic (exact) mass is 250 g/mol. The summed E-state index contributed by atoms with van der Waals surface area (Å²) in [5, 5.41) is 1.87. The molecule has 14 heavy (non-hydrogen) atoms. The Bertz CT molecular complexity index is 570. The molecule has 0 bridgehead atoms. The summed E-state index contributed by atoms with van der Waals surface area (Å²) in [5.41, 5.74) is 0.520. The minimum atomic E-state index is -3.72. The third kappa shape index (κ3) is 1.43. The van der Waals surface area contributed by atoms with Gasteiger partial charge in [-0.25, -0.2) is 13.4 Å². The van der Waals surface area contributed by atoms with Crippen LogP contribution in [0, 0.1) is 0 Å². The third-order valence-electron chi connectivity index (χ3n) is 1.85. The second-order valence-corrected chi connectivity index (χ2v) is 6.06. The van der Waals surface area contributed by atoms with Gasteiger partial charge in [0.2, 0.25) is 0 Å². The second kappa shape index (κ2) is 3.22. The molecule has 0 N–H and O–H groups in total. The fourth-order valence-corrected chi connectivity index (χ4v) is 3.43. The SMILES string of the molecule is CCc1nc2sccn2c1S(=O)(=O)Cl. The highest BCUT2D eigenvalue weighted by Crippen LogP contribution is 2.24. The quantitative estimate of drug-likeness (QED) is 0.765. The first-order valence-corrected chi connectivity index (χ1v) is 7.12. The van der Waals surface area contributed by atoms with E-state index in [1.54, 1.807) is 11.6 Å². The van der Waals surface area contributed by atoms with E-state index in [-0.39, 0.29) is 5.03 Å². The van der Waals surface area contributed by atoms with Gasteiger partial charge < -0.3 is 0 Å². The van der Waals surface area contributed by atoms with Crippen LogP contribution >= 0.6 is 22.0 Å². The van der Waals surface area contributed by atoms with Gasteiger partial charge in [0.1, 0.15) is 0 Å². The van der Waals surface area contributed by atoms with Crippen LogP contribution < -0.4 is 0 Å². The van der Waals surface area contributed by atoms with E-state index >= 15 is 0 Å². The van der Waals surface area contributed by atoms with Gasteiger partial charge in [0.25, 0.3) is 9.05 Å². The molecule has 0 aliphatic rings. The Morgan fingerprint density at radius 3 is 2.93 bits per heavy atom. The molecule has 7 heteroatoms. The van der Waals surface area contributed by atoms with Crippen molar-refractivity contribution >= 4 is 36.0 Å². The van der Waals surface area contributed by atoms with E-state index in [0.717, 1.165) is 0 Å². The summed E-state index contributed by atoms with van der Waals surface area (Å²) in [6, 6.07) is 0. The van der Waals surface area contributed by atoms with Crippen LogP contribution in [0.25, 0.3) is 4.96 Å². The van der Waals surface area contributed by atoms with E-state index in [9.17, 15) is 8.42 Å². The summed E-state index contributed by atoms with van der Waals surface area (Å²) in [6.07, 6.45) is 2.21. The second-order valence-electron chi connectivity index (χ2n) is 2.71. The summed E-state index contributed by atoms with van der Waals surface area (Å²) in [4.78, 5) is 4.83. The minimum absolute atomic E-state index is 0.0953. The van der Waals surface area contributed by atoms with Crippen LogP contribution in [0.5, 0.6) is 0 Å². The van der Waals surface area contributed by atoms with Gasteiger partial charge in [0.05, 0.1) is 5.69 Å². The zero-order valence-electron chi connectivity index (χ0n) is 7.27. The van der Waals surface area contributed by atoms with Gasteiger partial charge in [0.15, 0.2) is 9.99 Å². The average Bonchev–Trinajstić information content (AvgIpc) is 2.57. The lowest BCUT2D eigenvalue weighted by Gasteiger charge is -1.95. The Morgan fingerprint density at radius 1 is 1.64 bits per heavy atom. The number of hydrogen-bond acceptors (Lipinski definition) is 4. The van der Waals surface area contributed by atoms with Gasteiger partial charge in [-0.2, -0.15) is 0 Å². The van der Waals surface area contributed by atoms with Crippen LogP contribution in [0.15, 0.2) is 16.6 Å². The number of rotatable bonds is 2. The van der Waals surface area contributed by atoms with Crippen LogP contribution in [0.2, 0.25) is 0 Å². The van der Waals surface area contributed by atoms with E-state index in [2.05, 4.69) is 4.98 Å². The predicted molar refractivity (Wildman–Crippen MR) is 55.5 cm³/mol. The fourth-order valence-electron chi connectivity index (χ4n) is 1.30. The lowest BCUT2D eigenvalue weighted by atomic mass is 10.4. The van der Waals surface area contributed by atoms with Crippen molar-refractivity contribution in [3.05, 3.63) is 17.3 Å². The van der Waals surface area contributed by atoms with Crippen molar-refractivity contribution in [1.29, 1.82) is 0 Å². The van der Waals surface area contributed by atoms with Crippen molar-refractivity contribution in [2.45, 2.75) is 18.4 Å². The van der Waals surface area contributed by atoms with Crippen LogP contribution in [-0.2, 0) is 15.5 Å². The molecule has 0 aliphatic heterocycles. The number of hydrogen-bond donors (Lipinski definition) is 0. The molecule has 0 saturated carbocycles. The summed E-state index contributed by atoms with van der Waals surface area (Å²) in [6.45, 7) is 1.85. The molecule has 2 rings (SSSR count). The van der Waals surface area contributed by atoms with Crippen molar-refractivity contribution in [1.82, 2.24) is 9.38 Å². The first-order chi connectivity index (χ1) is 6.54. The zero-order chi connectivity index (χ0) is 10.3. The highest BCUT2D eigenvalue weighted by Gasteiger charge is 2.22. The van der Waals surface area contributed by atoms with Crippen molar-refractivity contribution in [2.24, 2.45) is 0 Å². The first kappa shape index (κ1) is 9.95. The van der Waals surface area contributed by atoms with Crippen LogP contribution in [0.1, 0.15) is 12.6 Å². The lowest BCUT2D eigenvalue weighted by molar-refractivity contribution is 0.603. The summed E-state index contributed by atoms with van der Waals surface area (Å²) in [5.74, 6) is 0. The van der Waals surface area contributed by atoms with Gasteiger partial charge in [-0.1, -0.05) is 6.92 Å². The Balaban J connectivity index is 2.88. The molecule has 0 radical (unpaired) electrons. The molecule has 0 fully saturated rings. The Labute approximate surface area is 89.6 Å². The van der Waals surface area contributed by atoms with E-state index in [4.69, 9.17) is 10.7 Å². The van der Waals surface area contributed by atoms with Crippen molar-refractivity contribution in [2.75, 3.05) is 0 Å². The van der Waals surface area contributed by atoms with E-state index < -0.39 is 9.05 Å². The lowest BCUT2D eigenvalue weighted by Crippen LogP contribution is -1.99. The van der Waals surface area contributed by atoms with Gasteiger partial charge >= 0.3 is 0 Å². The van der Waals surface area contributed by atoms with Crippen molar-refractivity contribution in [3.8, 4) is 0 Å². The standard InChI is InChI=1S/C7H7ClN2O2S2/c1-2-5-6(14(8,11)12)10-3-4-13-7(10)9-5/h3-4H,2H2,1H3. The number of imidazole rings is 1. The molecule has 0 unspecified atom stereocenters. The van der Waals surface area contributed by atoms with E-state index in [1.165, 1.54) is 15.7 Å². The largest absolute Gasteiger partial charge is 0.280 e. The highest BCUT2D eigenvalue weighted by molar-refractivity contribution is 8.13. The summed E-state index contributed by atoms with van der Waals surface area (Å²) >= 11 is 1.38. The van der Waals surface area contributed by atoms with Crippen LogP contribution in [-0.4, -0.2) is 17.8 Å². The maximum absolute atomic E-state index is 11.3. The predicted octanol–water partition coefficient (Wildman–Crippen LogP) is 1.89. The molecule has 2 aromatic rings. The molecule has 0 spiro atoms. The van der Waals surface area contributed by atoms with Crippen LogP contribution in [0.3, 0.4) is 0 Å². The zero-order valence-corrected chi connectivity index (χ0v) is 9.66. The number of aryl methyl sites for hydroxylation is 1. The molecule has 0 aromatic carbocycles. The third-order valence-corrected chi connectivity index (χ3v) is 3.94. The molecule has 4 nitrogen and oxygen atoms in total. The molecular weight excluding hydrogens is 244 g/mol. The van der Waals surface area contributed by atoms with Crippen LogP contribution in [0.4, 0.5) is 0 Å². The number of fused-ring (bicyclic) bond motifs is 1. The maximum Gasteiger partial charge on any atom is 0.279 e. The smallest absolute Gasteiger partial charge is 0.279 e. The normalized spacial score (nSPS) is 12.4. The number of thiazole rings is 1.